The molecule has 2 aromatic rings. The Morgan fingerprint density at radius 3 is 3.05 bits per heavy atom. The number of hydrogen-bond acceptors (Lipinski definition) is 4. The average molecular weight is 352 g/mol. The molecule has 1 fully saturated rings. The van der Waals surface area contributed by atoms with Crippen molar-refractivity contribution < 1.29 is 0 Å². The lowest BCUT2D eigenvalue weighted by atomic mass is 10.2. The predicted octanol–water partition coefficient (Wildman–Crippen LogP) is 3.79. The fourth-order valence-electron chi connectivity index (χ4n) is 2.06. The normalized spacial score (nSPS) is 14.5. The van der Waals surface area contributed by atoms with E-state index in [0.29, 0.717) is 0 Å². The standard InChI is InChI=1S/C15H18BrN3S/c1-19(10-11-3-2-4-12(16)7-11)15-18-9-14(20-15)8-17-13-5-6-13/h2-4,7,9,13,17H,5-6,8,10H2,1H3. The Kier molecular flexibility index (Phi) is 4.38. The molecule has 1 aromatic carbocycles. The molecular formula is C15H18BrN3S. The van der Waals surface area contributed by atoms with E-state index < -0.39 is 0 Å². The molecule has 1 saturated carbocycles. The number of nitrogens with zero attached hydrogens (tertiary/aromatic N) is 2. The van der Waals surface area contributed by atoms with Crippen molar-refractivity contribution in [2.24, 2.45) is 0 Å². The van der Waals surface area contributed by atoms with Crippen LogP contribution in [0.2, 0.25) is 0 Å². The predicted molar refractivity (Wildman–Crippen MR) is 88.2 cm³/mol. The maximum absolute atomic E-state index is 4.53. The molecule has 1 aliphatic carbocycles. The Morgan fingerprint density at radius 1 is 1.45 bits per heavy atom. The Bertz CT molecular complexity index is 580. The molecule has 0 saturated heterocycles. The molecule has 0 radical (unpaired) electrons. The van der Waals surface area contributed by atoms with E-state index in [1.165, 1.54) is 23.3 Å². The van der Waals surface area contributed by atoms with E-state index in [1.54, 1.807) is 11.3 Å². The number of rotatable bonds is 6. The molecule has 3 rings (SSSR count). The minimum absolute atomic E-state index is 0.750. The number of anilines is 1. The van der Waals surface area contributed by atoms with Crippen LogP contribution in [0.4, 0.5) is 5.13 Å². The molecule has 0 aliphatic heterocycles. The van der Waals surface area contributed by atoms with Gasteiger partial charge in [0.1, 0.15) is 0 Å². The van der Waals surface area contributed by atoms with Crippen LogP contribution in [0.5, 0.6) is 0 Å². The number of benzene rings is 1. The van der Waals surface area contributed by atoms with Gasteiger partial charge in [0.05, 0.1) is 0 Å². The first-order valence-corrected chi connectivity index (χ1v) is 8.45. The van der Waals surface area contributed by atoms with Gasteiger partial charge < -0.3 is 10.2 Å². The molecule has 3 nitrogen and oxygen atoms in total. The molecule has 5 heteroatoms. The zero-order chi connectivity index (χ0) is 13.9. The van der Waals surface area contributed by atoms with Gasteiger partial charge in [0, 0.05) is 41.7 Å². The molecule has 0 bridgehead atoms. The second kappa shape index (κ2) is 6.24. The summed E-state index contributed by atoms with van der Waals surface area (Å²) in [6, 6.07) is 9.17. The summed E-state index contributed by atoms with van der Waals surface area (Å²) in [4.78, 5) is 8.04. The summed E-state index contributed by atoms with van der Waals surface area (Å²) in [5, 5.41) is 4.61. The van der Waals surface area contributed by atoms with Crippen molar-refractivity contribution >= 4 is 32.4 Å². The highest BCUT2D eigenvalue weighted by Gasteiger charge is 2.20. The minimum atomic E-state index is 0.750. The molecule has 1 heterocycles. The van der Waals surface area contributed by atoms with Crippen molar-refractivity contribution in [3.63, 3.8) is 0 Å². The van der Waals surface area contributed by atoms with Gasteiger partial charge in [0.2, 0.25) is 0 Å². The van der Waals surface area contributed by atoms with Crippen LogP contribution in [0.15, 0.2) is 34.9 Å². The Morgan fingerprint density at radius 2 is 2.30 bits per heavy atom. The molecule has 106 valence electrons. The summed E-state index contributed by atoms with van der Waals surface area (Å²) < 4.78 is 1.12. The largest absolute Gasteiger partial charge is 0.347 e. The summed E-state index contributed by atoms with van der Waals surface area (Å²) in [6.07, 6.45) is 4.65. The number of nitrogens with one attached hydrogen (secondary N) is 1. The summed E-state index contributed by atoms with van der Waals surface area (Å²) in [5.74, 6) is 0. The van der Waals surface area contributed by atoms with Gasteiger partial charge in [0.15, 0.2) is 5.13 Å². The molecule has 1 aromatic heterocycles. The fourth-order valence-corrected chi connectivity index (χ4v) is 3.33. The quantitative estimate of drug-likeness (QED) is 0.857. The third-order valence-electron chi connectivity index (χ3n) is 3.32. The van der Waals surface area contributed by atoms with Crippen molar-refractivity contribution in [1.82, 2.24) is 10.3 Å². The van der Waals surface area contributed by atoms with Crippen LogP contribution < -0.4 is 10.2 Å². The average Bonchev–Trinajstić information content (AvgIpc) is 3.13. The van der Waals surface area contributed by atoms with Crippen molar-refractivity contribution in [2.75, 3.05) is 11.9 Å². The van der Waals surface area contributed by atoms with Crippen molar-refractivity contribution in [3.05, 3.63) is 45.4 Å². The summed E-state index contributed by atoms with van der Waals surface area (Å²) >= 11 is 5.29. The van der Waals surface area contributed by atoms with Gasteiger partial charge >= 0.3 is 0 Å². The first-order chi connectivity index (χ1) is 9.70. The van der Waals surface area contributed by atoms with Gasteiger partial charge in [-0.25, -0.2) is 4.98 Å². The van der Waals surface area contributed by atoms with Crippen molar-refractivity contribution in [2.45, 2.75) is 32.0 Å². The van der Waals surface area contributed by atoms with Crippen molar-refractivity contribution in [3.8, 4) is 0 Å². The molecular weight excluding hydrogens is 334 g/mol. The van der Waals surface area contributed by atoms with E-state index in [-0.39, 0.29) is 0 Å². The Balaban J connectivity index is 1.59. The Labute approximate surface area is 132 Å². The SMILES string of the molecule is CN(Cc1cccc(Br)c1)c1ncc(CNC2CC2)s1. The second-order valence-corrected chi connectivity index (χ2v) is 7.26. The van der Waals surface area contributed by atoms with Crippen molar-refractivity contribution in [1.29, 1.82) is 0 Å². The fraction of sp³-hybridized carbons (Fsp3) is 0.400. The third kappa shape index (κ3) is 3.81. The lowest BCUT2D eigenvalue weighted by molar-refractivity contribution is 0.694. The van der Waals surface area contributed by atoms with Crippen LogP contribution in [0.25, 0.3) is 0 Å². The zero-order valence-corrected chi connectivity index (χ0v) is 13.9. The van der Waals surface area contributed by atoms with Crippen LogP contribution in [0.1, 0.15) is 23.3 Å². The topological polar surface area (TPSA) is 28.2 Å². The molecule has 1 N–H and O–H groups in total. The van der Waals surface area contributed by atoms with Crippen LogP contribution in [0.3, 0.4) is 0 Å². The van der Waals surface area contributed by atoms with Crippen LogP contribution >= 0.6 is 27.3 Å². The minimum Gasteiger partial charge on any atom is -0.347 e. The Hall–Kier alpha value is -0.910. The molecule has 1 aliphatic rings. The van der Waals surface area contributed by atoms with E-state index in [9.17, 15) is 0 Å². The van der Waals surface area contributed by atoms with Gasteiger partial charge in [-0.15, -0.1) is 11.3 Å². The highest BCUT2D eigenvalue weighted by Crippen LogP contribution is 2.25. The molecule has 20 heavy (non-hydrogen) atoms. The van der Waals surface area contributed by atoms with Gasteiger partial charge in [-0.1, -0.05) is 28.1 Å². The first-order valence-electron chi connectivity index (χ1n) is 6.84. The van der Waals surface area contributed by atoms with Gasteiger partial charge in [-0.2, -0.15) is 0 Å². The highest BCUT2D eigenvalue weighted by atomic mass is 79.9. The highest BCUT2D eigenvalue weighted by molar-refractivity contribution is 9.10. The molecule has 0 atom stereocenters. The monoisotopic (exact) mass is 351 g/mol. The van der Waals surface area contributed by atoms with Crippen LogP contribution in [-0.2, 0) is 13.1 Å². The maximum atomic E-state index is 4.53. The van der Waals surface area contributed by atoms with Crippen LogP contribution in [-0.4, -0.2) is 18.1 Å². The number of aromatic nitrogens is 1. The molecule has 0 unspecified atom stereocenters. The van der Waals surface area contributed by atoms with E-state index in [0.717, 1.165) is 28.7 Å². The number of halogens is 1. The van der Waals surface area contributed by atoms with E-state index in [2.05, 4.69) is 62.4 Å². The first kappa shape index (κ1) is 14.0. The number of hydrogen-bond donors (Lipinski definition) is 1. The van der Waals surface area contributed by atoms with E-state index in [1.807, 2.05) is 6.20 Å². The molecule has 0 spiro atoms. The smallest absolute Gasteiger partial charge is 0.185 e. The second-order valence-electron chi connectivity index (χ2n) is 5.25. The van der Waals surface area contributed by atoms with E-state index in [4.69, 9.17) is 0 Å². The van der Waals surface area contributed by atoms with Crippen LogP contribution in [0, 0.1) is 0 Å². The third-order valence-corrected chi connectivity index (χ3v) is 4.92. The summed E-state index contributed by atoms with van der Waals surface area (Å²) in [5.41, 5.74) is 1.29. The van der Waals surface area contributed by atoms with E-state index >= 15 is 0 Å². The summed E-state index contributed by atoms with van der Waals surface area (Å²) in [6.45, 7) is 1.83. The lowest BCUT2D eigenvalue weighted by Crippen LogP contribution is -2.16. The van der Waals surface area contributed by atoms with Gasteiger partial charge in [-0.05, 0) is 30.5 Å². The number of thiazole rings is 1. The maximum Gasteiger partial charge on any atom is 0.185 e. The molecule has 0 amide bonds. The zero-order valence-electron chi connectivity index (χ0n) is 11.5. The van der Waals surface area contributed by atoms with Gasteiger partial charge in [-0.3, -0.25) is 0 Å². The van der Waals surface area contributed by atoms with Gasteiger partial charge in [0.25, 0.3) is 0 Å². The summed E-state index contributed by atoms with van der Waals surface area (Å²) in [7, 11) is 2.10. The lowest BCUT2D eigenvalue weighted by Gasteiger charge is -2.15.